The predicted molar refractivity (Wildman–Crippen MR) is 45.8 cm³/mol. The van der Waals surface area contributed by atoms with E-state index >= 15 is 0 Å². The fraction of sp³-hybridized carbons (Fsp3) is 0.111. The molecule has 0 aliphatic carbocycles. The third-order valence-corrected chi connectivity index (χ3v) is 1.56. The molecule has 0 saturated carbocycles. The van der Waals surface area contributed by atoms with Crippen LogP contribution < -0.4 is 0 Å². The summed E-state index contributed by atoms with van der Waals surface area (Å²) in [6.45, 7) is 0. The van der Waals surface area contributed by atoms with Crippen molar-refractivity contribution in [3.8, 4) is 0 Å². The molecule has 72 valence electrons. The molecule has 0 atom stereocenters. The highest BCUT2D eigenvalue weighted by molar-refractivity contribution is 6.37. The number of aliphatic carboxylic acids is 1. The van der Waals surface area contributed by atoms with E-state index in [1.54, 1.807) is 0 Å². The lowest BCUT2D eigenvalue weighted by Crippen LogP contribution is -2.17. The van der Waals surface area contributed by atoms with Gasteiger partial charge in [-0.05, 0) is 12.1 Å². The summed E-state index contributed by atoms with van der Waals surface area (Å²) < 4.78 is 0. The van der Waals surface area contributed by atoms with Crippen molar-refractivity contribution in [1.29, 1.82) is 0 Å². The van der Waals surface area contributed by atoms with E-state index in [-0.39, 0.29) is 5.56 Å². The minimum atomic E-state index is -1.59. The minimum Gasteiger partial charge on any atom is -0.475 e. The van der Waals surface area contributed by atoms with Crippen LogP contribution in [0.3, 0.4) is 0 Å². The Morgan fingerprint density at radius 3 is 2.29 bits per heavy atom. The molecule has 14 heavy (non-hydrogen) atoms. The topological polar surface area (TPSA) is 84.3 Å². The summed E-state index contributed by atoms with van der Waals surface area (Å²) in [5.41, 5.74) is 0.287. The molecule has 1 rings (SSSR count). The van der Waals surface area contributed by atoms with Gasteiger partial charge in [0, 0.05) is 18.0 Å². The SMILES string of the molecule is O=C(O)C(=O)CC(=O)c1ccncc1. The lowest BCUT2D eigenvalue weighted by Gasteiger charge is -1.96. The van der Waals surface area contributed by atoms with E-state index in [1.807, 2.05) is 0 Å². The highest BCUT2D eigenvalue weighted by Gasteiger charge is 2.17. The summed E-state index contributed by atoms with van der Waals surface area (Å²) in [7, 11) is 0. The van der Waals surface area contributed by atoms with Crippen LogP contribution in [0, 0.1) is 0 Å². The van der Waals surface area contributed by atoms with Gasteiger partial charge in [0.2, 0.25) is 5.78 Å². The molecule has 0 saturated heterocycles. The van der Waals surface area contributed by atoms with Crippen LogP contribution in [0.2, 0.25) is 0 Å². The smallest absolute Gasteiger partial charge is 0.372 e. The number of Topliss-reactive ketones (excluding diaryl/α,β-unsaturated/α-hetero) is 2. The number of carbonyl (C=O) groups is 3. The number of aromatic nitrogens is 1. The number of carboxylic acids is 1. The average Bonchev–Trinajstić information content (AvgIpc) is 2.19. The molecule has 0 aliphatic rings. The first kappa shape index (κ1) is 10.0. The molecule has 0 aliphatic heterocycles. The van der Waals surface area contributed by atoms with Gasteiger partial charge in [-0.3, -0.25) is 14.6 Å². The van der Waals surface area contributed by atoms with Crippen LogP contribution in [-0.4, -0.2) is 27.6 Å². The van der Waals surface area contributed by atoms with Crippen molar-refractivity contribution < 1.29 is 19.5 Å². The number of carboxylic acid groups (broad SMARTS) is 1. The minimum absolute atomic E-state index is 0.287. The number of hydrogen-bond donors (Lipinski definition) is 1. The monoisotopic (exact) mass is 193 g/mol. The van der Waals surface area contributed by atoms with Crippen molar-refractivity contribution in [1.82, 2.24) is 4.98 Å². The second kappa shape index (κ2) is 4.27. The Balaban J connectivity index is 2.69. The molecule has 5 heteroatoms. The van der Waals surface area contributed by atoms with Crippen LogP contribution in [-0.2, 0) is 9.59 Å². The number of carbonyl (C=O) groups excluding carboxylic acids is 2. The van der Waals surface area contributed by atoms with E-state index in [9.17, 15) is 14.4 Å². The molecule has 0 aromatic carbocycles. The third kappa shape index (κ3) is 2.48. The van der Waals surface area contributed by atoms with Crippen molar-refractivity contribution in [2.45, 2.75) is 6.42 Å². The summed E-state index contributed by atoms with van der Waals surface area (Å²) in [5, 5.41) is 8.26. The first-order valence-electron chi connectivity index (χ1n) is 3.80. The van der Waals surface area contributed by atoms with Gasteiger partial charge >= 0.3 is 5.97 Å². The van der Waals surface area contributed by atoms with E-state index in [2.05, 4.69) is 4.98 Å². The number of rotatable bonds is 4. The summed E-state index contributed by atoms with van der Waals surface area (Å²) in [5.74, 6) is -3.21. The maximum atomic E-state index is 11.2. The first-order valence-corrected chi connectivity index (χ1v) is 3.80. The molecule has 1 aromatic heterocycles. The van der Waals surface area contributed by atoms with Crippen molar-refractivity contribution in [3.05, 3.63) is 30.1 Å². The number of pyridine rings is 1. The Bertz CT molecular complexity index is 372. The van der Waals surface area contributed by atoms with E-state index in [0.29, 0.717) is 0 Å². The second-order valence-electron chi connectivity index (χ2n) is 2.56. The molecule has 0 radical (unpaired) electrons. The van der Waals surface area contributed by atoms with Gasteiger partial charge in [0.15, 0.2) is 5.78 Å². The molecule has 0 unspecified atom stereocenters. The molecule has 1 aromatic rings. The Kier molecular flexibility index (Phi) is 3.06. The van der Waals surface area contributed by atoms with Crippen LogP contribution in [0.5, 0.6) is 0 Å². The standard InChI is InChI=1S/C9H7NO4/c11-7(5-8(12)9(13)14)6-1-3-10-4-2-6/h1-4H,5H2,(H,13,14). The van der Waals surface area contributed by atoms with E-state index in [0.717, 1.165) is 0 Å². The first-order chi connectivity index (χ1) is 6.61. The summed E-state index contributed by atoms with van der Waals surface area (Å²) >= 11 is 0. The highest BCUT2D eigenvalue weighted by Crippen LogP contribution is 2.01. The van der Waals surface area contributed by atoms with Crippen molar-refractivity contribution in [2.24, 2.45) is 0 Å². The maximum Gasteiger partial charge on any atom is 0.372 e. The summed E-state index contributed by atoms with van der Waals surface area (Å²) in [6, 6.07) is 2.86. The van der Waals surface area contributed by atoms with E-state index < -0.39 is 24.0 Å². The Labute approximate surface area is 79.4 Å². The van der Waals surface area contributed by atoms with Crippen molar-refractivity contribution >= 4 is 17.5 Å². The predicted octanol–water partition coefficient (Wildman–Crippen LogP) is 0.308. The molecular weight excluding hydrogens is 186 g/mol. The molecule has 0 bridgehead atoms. The van der Waals surface area contributed by atoms with Crippen molar-refractivity contribution in [3.63, 3.8) is 0 Å². The quantitative estimate of drug-likeness (QED) is 0.422. The van der Waals surface area contributed by atoms with Gasteiger partial charge < -0.3 is 5.11 Å². The van der Waals surface area contributed by atoms with Gasteiger partial charge in [-0.15, -0.1) is 0 Å². The zero-order chi connectivity index (χ0) is 10.6. The fourth-order valence-corrected chi connectivity index (χ4v) is 0.861. The summed E-state index contributed by atoms with van der Waals surface area (Å²) in [6.07, 6.45) is 2.19. The lowest BCUT2D eigenvalue weighted by molar-refractivity contribution is -0.148. The molecule has 0 fully saturated rings. The molecule has 1 N–H and O–H groups in total. The number of hydrogen-bond acceptors (Lipinski definition) is 4. The zero-order valence-corrected chi connectivity index (χ0v) is 7.14. The Hall–Kier alpha value is -2.04. The van der Waals surface area contributed by atoms with Gasteiger partial charge in [-0.25, -0.2) is 4.79 Å². The van der Waals surface area contributed by atoms with Crippen LogP contribution >= 0.6 is 0 Å². The van der Waals surface area contributed by atoms with Gasteiger partial charge in [-0.1, -0.05) is 0 Å². The number of nitrogens with zero attached hydrogens (tertiary/aromatic N) is 1. The highest BCUT2D eigenvalue weighted by atomic mass is 16.4. The normalized spacial score (nSPS) is 9.43. The van der Waals surface area contributed by atoms with E-state index in [4.69, 9.17) is 5.11 Å². The van der Waals surface area contributed by atoms with Gasteiger partial charge in [0.25, 0.3) is 0 Å². The number of ketones is 2. The van der Waals surface area contributed by atoms with Crippen molar-refractivity contribution in [2.75, 3.05) is 0 Å². The molecular formula is C9H7NO4. The Morgan fingerprint density at radius 2 is 1.79 bits per heavy atom. The molecule has 0 spiro atoms. The molecule has 0 amide bonds. The fourth-order valence-electron chi connectivity index (χ4n) is 0.861. The zero-order valence-electron chi connectivity index (χ0n) is 7.14. The van der Waals surface area contributed by atoms with Crippen LogP contribution in [0.15, 0.2) is 24.5 Å². The second-order valence-corrected chi connectivity index (χ2v) is 2.56. The largest absolute Gasteiger partial charge is 0.475 e. The van der Waals surface area contributed by atoms with Gasteiger partial charge in [0.1, 0.15) is 0 Å². The molecule has 1 heterocycles. The molecule has 5 nitrogen and oxygen atoms in total. The Morgan fingerprint density at radius 1 is 1.21 bits per heavy atom. The average molecular weight is 193 g/mol. The van der Waals surface area contributed by atoms with Gasteiger partial charge in [-0.2, -0.15) is 0 Å². The van der Waals surface area contributed by atoms with Crippen LogP contribution in [0.4, 0.5) is 0 Å². The third-order valence-electron chi connectivity index (χ3n) is 1.56. The van der Waals surface area contributed by atoms with E-state index in [1.165, 1.54) is 24.5 Å². The summed E-state index contributed by atoms with van der Waals surface area (Å²) in [4.78, 5) is 35.8. The van der Waals surface area contributed by atoms with Crippen LogP contribution in [0.25, 0.3) is 0 Å². The maximum absolute atomic E-state index is 11.2. The van der Waals surface area contributed by atoms with Gasteiger partial charge in [0.05, 0.1) is 6.42 Å². The lowest BCUT2D eigenvalue weighted by atomic mass is 10.1. The van der Waals surface area contributed by atoms with Crippen LogP contribution in [0.1, 0.15) is 16.8 Å².